The van der Waals surface area contributed by atoms with Crippen LogP contribution in [-0.2, 0) is 14.3 Å². The number of likely N-dealkylation sites (tertiary alicyclic amines) is 1. The summed E-state index contributed by atoms with van der Waals surface area (Å²) in [6, 6.07) is 11.0. The quantitative estimate of drug-likeness (QED) is 0.763. The number of nitrogens with one attached hydrogen (secondary N) is 1. The van der Waals surface area contributed by atoms with Crippen molar-refractivity contribution in [1.29, 1.82) is 0 Å². The Bertz CT molecular complexity index is 922. The molecular weight excluding hydrogens is 387 g/mol. The van der Waals surface area contributed by atoms with Gasteiger partial charge in [0.2, 0.25) is 0 Å². The van der Waals surface area contributed by atoms with Gasteiger partial charge in [-0.2, -0.15) is 0 Å². The lowest BCUT2D eigenvalue weighted by Crippen LogP contribution is -2.43. The van der Waals surface area contributed by atoms with Gasteiger partial charge in [0.15, 0.2) is 6.61 Å². The molecule has 1 aliphatic rings. The fourth-order valence-corrected chi connectivity index (χ4v) is 3.63. The molecule has 1 heterocycles. The van der Waals surface area contributed by atoms with Crippen LogP contribution in [0.5, 0.6) is 0 Å². The number of benzene rings is 2. The van der Waals surface area contributed by atoms with E-state index < -0.39 is 23.6 Å². The Morgan fingerprint density at radius 2 is 1.77 bits per heavy atom. The molecule has 30 heavy (non-hydrogen) atoms. The average molecular weight is 412 g/mol. The average Bonchev–Trinajstić information content (AvgIpc) is 2.71. The number of ether oxygens (including phenoxy) is 1. The first kappa shape index (κ1) is 21.5. The first-order chi connectivity index (χ1) is 14.3. The third kappa shape index (κ3) is 5.65. The molecule has 1 saturated heterocycles. The summed E-state index contributed by atoms with van der Waals surface area (Å²) < 4.78 is 18.3. The minimum absolute atomic E-state index is 0.216. The van der Waals surface area contributed by atoms with Gasteiger partial charge >= 0.3 is 5.97 Å². The molecule has 6 nitrogen and oxygen atoms in total. The zero-order valence-corrected chi connectivity index (χ0v) is 17.1. The molecule has 1 aliphatic heterocycles. The lowest BCUT2D eigenvalue weighted by molar-refractivity contribution is -0.152. The van der Waals surface area contributed by atoms with E-state index in [1.807, 2.05) is 32.0 Å². The number of hydrogen-bond acceptors (Lipinski definition) is 4. The van der Waals surface area contributed by atoms with Crippen LogP contribution in [0.4, 0.5) is 10.1 Å². The maximum Gasteiger partial charge on any atom is 0.311 e. The largest absolute Gasteiger partial charge is 0.455 e. The minimum atomic E-state index is -0.498. The summed E-state index contributed by atoms with van der Waals surface area (Å²) in [7, 11) is 0. The first-order valence-electron chi connectivity index (χ1n) is 9.91. The molecule has 2 amide bonds. The predicted octanol–water partition coefficient (Wildman–Crippen LogP) is 3.48. The number of rotatable bonds is 5. The number of carbonyl (C=O) groups excluding carboxylic acids is 3. The third-order valence-electron chi connectivity index (χ3n) is 4.98. The molecular formula is C23H25FN2O4. The highest BCUT2D eigenvalue weighted by atomic mass is 19.1. The Labute approximate surface area is 175 Å². The second kappa shape index (κ2) is 9.52. The van der Waals surface area contributed by atoms with Gasteiger partial charge in [-0.05, 0) is 74.2 Å². The molecule has 0 radical (unpaired) electrons. The van der Waals surface area contributed by atoms with Gasteiger partial charge in [-0.1, -0.05) is 6.07 Å². The SMILES string of the molecule is Cc1cc(C)cc(NC(=O)COC(=O)C2CCCN(C(=O)c3ccc(F)cc3)C2)c1. The smallest absolute Gasteiger partial charge is 0.311 e. The van der Waals surface area contributed by atoms with Gasteiger partial charge in [0.05, 0.1) is 5.92 Å². The Morgan fingerprint density at radius 3 is 2.43 bits per heavy atom. The van der Waals surface area contributed by atoms with E-state index in [-0.39, 0.29) is 19.1 Å². The lowest BCUT2D eigenvalue weighted by atomic mass is 9.97. The number of hydrogen-bond donors (Lipinski definition) is 1. The highest BCUT2D eigenvalue weighted by Gasteiger charge is 2.30. The van der Waals surface area contributed by atoms with Crippen LogP contribution in [0.25, 0.3) is 0 Å². The molecule has 1 N–H and O–H groups in total. The zero-order valence-electron chi connectivity index (χ0n) is 17.1. The van der Waals surface area contributed by atoms with Gasteiger partial charge in [-0.15, -0.1) is 0 Å². The normalized spacial score (nSPS) is 16.1. The highest BCUT2D eigenvalue weighted by molar-refractivity contribution is 5.95. The third-order valence-corrected chi connectivity index (χ3v) is 4.98. The predicted molar refractivity (Wildman–Crippen MR) is 111 cm³/mol. The van der Waals surface area contributed by atoms with Crippen LogP contribution in [-0.4, -0.2) is 42.4 Å². The van der Waals surface area contributed by atoms with Gasteiger partial charge in [-0.25, -0.2) is 4.39 Å². The number of piperidine rings is 1. The first-order valence-corrected chi connectivity index (χ1v) is 9.91. The van der Waals surface area contributed by atoms with Crippen LogP contribution in [0, 0.1) is 25.6 Å². The topological polar surface area (TPSA) is 75.7 Å². The van der Waals surface area contributed by atoms with E-state index in [1.165, 1.54) is 24.3 Å². The second-order valence-electron chi connectivity index (χ2n) is 7.63. The molecule has 1 fully saturated rings. The van der Waals surface area contributed by atoms with Crippen molar-refractivity contribution in [2.24, 2.45) is 5.92 Å². The number of halogens is 1. The van der Waals surface area contributed by atoms with Crippen LogP contribution in [0.15, 0.2) is 42.5 Å². The summed E-state index contributed by atoms with van der Waals surface area (Å²) in [6.07, 6.45) is 1.24. The molecule has 158 valence electrons. The van der Waals surface area contributed by atoms with E-state index in [0.29, 0.717) is 30.6 Å². The lowest BCUT2D eigenvalue weighted by Gasteiger charge is -2.31. The minimum Gasteiger partial charge on any atom is -0.455 e. The molecule has 0 bridgehead atoms. The van der Waals surface area contributed by atoms with Crippen LogP contribution in [0.3, 0.4) is 0 Å². The number of amides is 2. The highest BCUT2D eigenvalue weighted by Crippen LogP contribution is 2.20. The maximum absolute atomic E-state index is 13.1. The van der Waals surface area contributed by atoms with Crippen molar-refractivity contribution in [3.05, 3.63) is 65.0 Å². The Kier molecular flexibility index (Phi) is 6.82. The van der Waals surface area contributed by atoms with Crippen LogP contribution >= 0.6 is 0 Å². The molecule has 7 heteroatoms. The summed E-state index contributed by atoms with van der Waals surface area (Å²) in [5, 5.41) is 2.72. The van der Waals surface area contributed by atoms with E-state index in [9.17, 15) is 18.8 Å². The van der Waals surface area contributed by atoms with Gasteiger partial charge in [-0.3, -0.25) is 14.4 Å². The van der Waals surface area contributed by atoms with Gasteiger partial charge < -0.3 is 15.0 Å². The molecule has 2 aromatic carbocycles. The van der Waals surface area contributed by atoms with Crippen molar-refractivity contribution in [2.45, 2.75) is 26.7 Å². The van der Waals surface area contributed by atoms with Crippen molar-refractivity contribution in [1.82, 2.24) is 4.90 Å². The number of esters is 1. The Morgan fingerprint density at radius 1 is 1.10 bits per heavy atom. The van der Waals surface area contributed by atoms with Crippen molar-refractivity contribution in [3.63, 3.8) is 0 Å². The van der Waals surface area contributed by atoms with Crippen molar-refractivity contribution < 1.29 is 23.5 Å². The number of anilines is 1. The molecule has 0 spiro atoms. The van der Waals surface area contributed by atoms with Gasteiger partial charge in [0, 0.05) is 24.3 Å². The Hall–Kier alpha value is -3.22. The zero-order chi connectivity index (χ0) is 21.7. The molecule has 0 aromatic heterocycles. The van der Waals surface area contributed by atoms with Crippen LogP contribution < -0.4 is 5.32 Å². The number of aryl methyl sites for hydroxylation is 2. The molecule has 1 atom stereocenters. The van der Waals surface area contributed by atoms with E-state index >= 15 is 0 Å². The van der Waals surface area contributed by atoms with Crippen molar-refractivity contribution >= 4 is 23.5 Å². The van der Waals surface area contributed by atoms with Gasteiger partial charge in [0.1, 0.15) is 5.82 Å². The monoisotopic (exact) mass is 412 g/mol. The molecule has 1 unspecified atom stereocenters. The standard InChI is InChI=1S/C23H25FN2O4/c1-15-10-16(2)12-20(11-15)25-21(27)14-30-23(29)18-4-3-9-26(13-18)22(28)17-5-7-19(24)8-6-17/h5-8,10-12,18H,3-4,9,13-14H2,1-2H3,(H,25,27). The summed E-state index contributed by atoms with van der Waals surface area (Å²) in [5.41, 5.74) is 3.08. The van der Waals surface area contributed by atoms with Crippen LogP contribution in [0.2, 0.25) is 0 Å². The molecule has 3 rings (SSSR count). The summed E-state index contributed by atoms with van der Waals surface area (Å²) in [5.74, 6) is -2.06. The fourth-order valence-electron chi connectivity index (χ4n) is 3.63. The van der Waals surface area contributed by atoms with Crippen molar-refractivity contribution in [2.75, 3.05) is 25.0 Å². The fraction of sp³-hybridized carbons (Fsp3) is 0.348. The molecule has 0 saturated carbocycles. The van der Waals surface area contributed by atoms with E-state index in [1.54, 1.807) is 4.90 Å². The summed E-state index contributed by atoms with van der Waals surface area (Å²) >= 11 is 0. The van der Waals surface area contributed by atoms with E-state index in [4.69, 9.17) is 4.74 Å². The molecule has 0 aliphatic carbocycles. The van der Waals surface area contributed by atoms with E-state index in [0.717, 1.165) is 11.1 Å². The summed E-state index contributed by atoms with van der Waals surface area (Å²) in [6.45, 7) is 4.23. The van der Waals surface area contributed by atoms with Crippen molar-refractivity contribution in [3.8, 4) is 0 Å². The summed E-state index contributed by atoms with van der Waals surface area (Å²) in [4.78, 5) is 38.7. The number of nitrogens with zero attached hydrogens (tertiary/aromatic N) is 1. The maximum atomic E-state index is 13.1. The Balaban J connectivity index is 1.51. The van der Waals surface area contributed by atoms with Gasteiger partial charge in [0.25, 0.3) is 11.8 Å². The van der Waals surface area contributed by atoms with Crippen LogP contribution in [0.1, 0.15) is 34.3 Å². The number of carbonyl (C=O) groups is 3. The second-order valence-corrected chi connectivity index (χ2v) is 7.63. The van der Waals surface area contributed by atoms with E-state index in [2.05, 4.69) is 5.32 Å². The molecule has 2 aromatic rings.